The topological polar surface area (TPSA) is 41.6 Å². The fourth-order valence-corrected chi connectivity index (χ4v) is 1.15. The highest BCUT2D eigenvalue weighted by Crippen LogP contribution is 2.23. The third-order valence-electron chi connectivity index (χ3n) is 1.24. The molecule has 0 bridgehead atoms. The van der Waals surface area contributed by atoms with Crippen molar-refractivity contribution >= 4 is 12.6 Å². The number of hydrogen-bond donors (Lipinski definition) is 2. The number of aromatic nitrogens is 3. The van der Waals surface area contributed by atoms with Crippen LogP contribution < -0.4 is 0 Å². The van der Waals surface area contributed by atoms with E-state index in [0.717, 1.165) is 10.7 Å². The van der Waals surface area contributed by atoms with Crippen LogP contribution in [0.3, 0.4) is 0 Å². The molecule has 0 spiro atoms. The first-order valence-electron chi connectivity index (χ1n) is 3.12. The Hall–Kier alpha value is -0.510. The van der Waals surface area contributed by atoms with Crippen molar-refractivity contribution in [2.45, 2.75) is 31.2 Å². The van der Waals surface area contributed by atoms with Crippen LogP contribution in [0.15, 0.2) is 5.03 Å². The smallest absolute Gasteiger partial charge is 0.112 e. The van der Waals surface area contributed by atoms with Crippen LogP contribution in [0, 0.1) is 0 Å². The highest BCUT2D eigenvalue weighted by Gasteiger charge is 2.19. The van der Waals surface area contributed by atoms with Crippen LogP contribution in [-0.4, -0.2) is 15.4 Å². The zero-order valence-corrected chi connectivity index (χ0v) is 7.24. The van der Waals surface area contributed by atoms with Crippen molar-refractivity contribution < 1.29 is 0 Å². The van der Waals surface area contributed by atoms with Crippen molar-refractivity contribution in [2.24, 2.45) is 0 Å². The van der Waals surface area contributed by atoms with E-state index in [-0.39, 0.29) is 5.41 Å². The zero-order chi connectivity index (χ0) is 7.78. The summed E-state index contributed by atoms with van der Waals surface area (Å²) >= 11 is 4.16. The summed E-state index contributed by atoms with van der Waals surface area (Å²) in [5.41, 5.74) is 0.945. The molecule has 1 rings (SSSR count). The average Bonchev–Trinajstić information content (AvgIpc) is 2.11. The molecule has 1 heterocycles. The van der Waals surface area contributed by atoms with Crippen molar-refractivity contribution in [3.05, 3.63) is 5.69 Å². The molecular weight excluding hydrogens is 146 g/mol. The van der Waals surface area contributed by atoms with Crippen LogP contribution in [0.2, 0.25) is 0 Å². The monoisotopic (exact) mass is 157 g/mol. The van der Waals surface area contributed by atoms with Gasteiger partial charge in [-0.3, -0.25) is 5.10 Å². The van der Waals surface area contributed by atoms with Gasteiger partial charge in [0.1, 0.15) is 10.7 Å². The van der Waals surface area contributed by atoms with Gasteiger partial charge in [-0.25, -0.2) is 0 Å². The molecule has 56 valence electrons. The Kier molecular flexibility index (Phi) is 1.72. The van der Waals surface area contributed by atoms with E-state index in [1.807, 2.05) is 0 Å². The molecule has 0 aliphatic carbocycles. The number of aromatic amines is 1. The lowest BCUT2D eigenvalue weighted by Crippen LogP contribution is -2.12. The Morgan fingerprint density at radius 1 is 1.40 bits per heavy atom. The van der Waals surface area contributed by atoms with Crippen LogP contribution in [0.5, 0.6) is 0 Å². The fourth-order valence-electron chi connectivity index (χ4n) is 0.728. The number of H-pyrrole nitrogens is 1. The molecule has 0 aliphatic heterocycles. The molecule has 10 heavy (non-hydrogen) atoms. The first kappa shape index (κ1) is 7.60. The Morgan fingerprint density at radius 2 is 2.00 bits per heavy atom. The first-order valence-corrected chi connectivity index (χ1v) is 3.57. The van der Waals surface area contributed by atoms with E-state index in [4.69, 9.17) is 0 Å². The molecule has 0 atom stereocenters. The predicted octanol–water partition coefficient (Wildman–Crippen LogP) is 1.39. The standard InChI is InChI=1S/C6H11N3S/c1-6(2,3)4-5(10)8-9-7-4/h1-3H3,(H2,7,8,9,10). The lowest BCUT2D eigenvalue weighted by molar-refractivity contribution is 0.556. The quantitative estimate of drug-likeness (QED) is 0.559. The van der Waals surface area contributed by atoms with E-state index in [1.165, 1.54) is 0 Å². The van der Waals surface area contributed by atoms with Crippen molar-refractivity contribution in [1.29, 1.82) is 0 Å². The molecule has 1 N–H and O–H groups in total. The Bertz CT molecular complexity index is 223. The third-order valence-corrected chi connectivity index (χ3v) is 1.55. The molecule has 4 heteroatoms. The summed E-state index contributed by atoms with van der Waals surface area (Å²) in [4.78, 5) is 0. The van der Waals surface area contributed by atoms with Gasteiger partial charge in [-0.05, 0) is 0 Å². The molecule has 0 saturated carbocycles. The minimum atomic E-state index is 0.0318. The highest BCUT2D eigenvalue weighted by molar-refractivity contribution is 7.80. The maximum Gasteiger partial charge on any atom is 0.112 e. The van der Waals surface area contributed by atoms with Gasteiger partial charge in [0.15, 0.2) is 0 Å². The second-order valence-corrected chi connectivity index (χ2v) is 3.71. The van der Waals surface area contributed by atoms with Gasteiger partial charge in [0.2, 0.25) is 0 Å². The molecule has 0 fully saturated rings. The normalized spacial score (nSPS) is 12.0. The van der Waals surface area contributed by atoms with Gasteiger partial charge in [-0.2, -0.15) is 0 Å². The molecule has 0 aromatic carbocycles. The van der Waals surface area contributed by atoms with E-state index >= 15 is 0 Å². The third kappa shape index (κ3) is 1.31. The van der Waals surface area contributed by atoms with Crippen molar-refractivity contribution in [1.82, 2.24) is 15.4 Å². The molecule has 1 aromatic heterocycles. The summed E-state index contributed by atoms with van der Waals surface area (Å²) in [5.74, 6) is 0. The molecule has 0 unspecified atom stereocenters. The Balaban J connectivity index is 3.05. The maximum absolute atomic E-state index is 4.16. The predicted molar refractivity (Wildman–Crippen MR) is 42.3 cm³/mol. The Morgan fingerprint density at radius 3 is 2.20 bits per heavy atom. The van der Waals surface area contributed by atoms with E-state index in [1.54, 1.807) is 0 Å². The number of thiol groups is 1. The molecule has 0 radical (unpaired) electrons. The molecule has 0 aliphatic rings. The van der Waals surface area contributed by atoms with E-state index in [9.17, 15) is 0 Å². The van der Waals surface area contributed by atoms with Crippen LogP contribution in [0.4, 0.5) is 0 Å². The lowest BCUT2D eigenvalue weighted by Gasteiger charge is -2.14. The lowest BCUT2D eigenvalue weighted by atomic mass is 9.93. The number of hydrogen-bond acceptors (Lipinski definition) is 3. The molecule has 1 aromatic rings. The molecule has 3 nitrogen and oxygen atoms in total. The minimum Gasteiger partial charge on any atom is -0.252 e. The van der Waals surface area contributed by atoms with Crippen LogP contribution >= 0.6 is 12.6 Å². The van der Waals surface area contributed by atoms with E-state index < -0.39 is 0 Å². The first-order chi connectivity index (χ1) is 4.52. The largest absolute Gasteiger partial charge is 0.252 e. The Labute approximate surface area is 65.6 Å². The number of nitrogens with zero attached hydrogens (tertiary/aromatic N) is 2. The van der Waals surface area contributed by atoms with Crippen molar-refractivity contribution in [2.75, 3.05) is 0 Å². The SMILES string of the molecule is CC(C)(C)c1nn[nH]c1S. The number of rotatable bonds is 0. The van der Waals surface area contributed by atoms with E-state index in [0.29, 0.717) is 0 Å². The summed E-state index contributed by atoms with van der Waals surface area (Å²) < 4.78 is 0. The summed E-state index contributed by atoms with van der Waals surface area (Å²) in [6.45, 7) is 6.22. The second-order valence-electron chi connectivity index (χ2n) is 3.26. The average molecular weight is 157 g/mol. The number of nitrogens with one attached hydrogen (secondary N) is 1. The fraction of sp³-hybridized carbons (Fsp3) is 0.667. The van der Waals surface area contributed by atoms with Gasteiger partial charge < -0.3 is 0 Å². The van der Waals surface area contributed by atoms with Gasteiger partial charge in [-0.1, -0.05) is 26.0 Å². The van der Waals surface area contributed by atoms with Gasteiger partial charge in [0.25, 0.3) is 0 Å². The van der Waals surface area contributed by atoms with Gasteiger partial charge in [0, 0.05) is 5.41 Å². The zero-order valence-electron chi connectivity index (χ0n) is 6.34. The van der Waals surface area contributed by atoms with Crippen LogP contribution in [-0.2, 0) is 5.41 Å². The molecule has 0 saturated heterocycles. The van der Waals surface area contributed by atoms with Gasteiger partial charge >= 0.3 is 0 Å². The second kappa shape index (κ2) is 2.27. The van der Waals surface area contributed by atoms with Crippen molar-refractivity contribution in [3.8, 4) is 0 Å². The summed E-state index contributed by atoms with van der Waals surface area (Å²) in [5, 5.41) is 11.0. The minimum absolute atomic E-state index is 0.0318. The van der Waals surface area contributed by atoms with Crippen molar-refractivity contribution in [3.63, 3.8) is 0 Å². The van der Waals surface area contributed by atoms with Crippen LogP contribution in [0.1, 0.15) is 26.5 Å². The van der Waals surface area contributed by atoms with Gasteiger partial charge in [0.05, 0.1) is 0 Å². The molecule has 0 amide bonds. The van der Waals surface area contributed by atoms with Crippen LogP contribution in [0.25, 0.3) is 0 Å². The summed E-state index contributed by atoms with van der Waals surface area (Å²) in [6.07, 6.45) is 0. The highest BCUT2D eigenvalue weighted by atomic mass is 32.1. The van der Waals surface area contributed by atoms with E-state index in [2.05, 4.69) is 48.8 Å². The molecular formula is C6H11N3S. The van der Waals surface area contributed by atoms with Gasteiger partial charge in [-0.15, -0.1) is 17.7 Å². The maximum atomic E-state index is 4.16. The summed E-state index contributed by atoms with van der Waals surface area (Å²) in [7, 11) is 0. The summed E-state index contributed by atoms with van der Waals surface area (Å²) in [6, 6.07) is 0.